The molecule has 6 heteroatoms. The fourth-order valence-corrected chi connectivity index (χ4v) is 3.25. The van der Waals surface area contributed by atoms with Gasteiger partial charge in [-0.05, 0) is 19.4 Å². The van der Waals surface area contributed by atoms with Gasteiger partial charge in [0.15, 0.2) is 9.84 Å². The summed E-state index contributed by atoms with van der Waals surface area (Å²) in [5.41, 5.74) is 4.91. The molecule has 1 heterocycles. The van der Waals surface area contributed by atoms with Crippen molar-refractivity contribution in [2.45, 2.75) is 24.5 Å². The number of sulfone groups is 1. The minimum atomic E-state index is -3.14. The normalized spacial score (nSPS) is 23.3. The fourth-order valence-electron chi connectivity index (χ4n) is 1.54. The molecular formula is C8H16N2O3S. The Labute approximate surface area is 84.0 Å². The molecule has 1 aliphatic rings. The lowest BCUT2D eigenvalue weighted by Crippen LogP contribution is -2.40. The molecule has 3 N–H and O–H groups in total. The summed E-state index contributed by atoms with van der Waals surface area (Å²) in [6.45, 7) is 1.38. The summed E-state index contributed by atoms with van der Waals surface area (Å²) in [5.74, 6) is -0.674. The second-order valence-electron chi connectivity index (χ2n) is 3.55. The quantitative estimate of drug-likeness (QED) is 0.638. The van der Waals surface area contributed by atoms with E-state index in [1.54, 1.807) is 0 Å². The van der Waals surface area contributed by atoms with Crippen molar-refractivity contribution in [1.29, 1.82) is 0 Å². The number of rotatable bonds is 4. The van der Waals surface area contributed by atoms with Gasteiger partial charge in [0.05, 0.1) is 11.0 Å². The number of amides is 1. The number of nitrogens with one attached hydrogen (secondary N) is 1. The lowest BCUT2D eigenvalue weighted by atomic mass is 10.2. The van der Waals surface area contributed by atoms with Gasteiger partial charge in [-0.15, -0.1) is 0 Å². The van der Waals surface area contributed by atoms with E-state index in [4.69, 9.17) is 5.73 Å². The van der Waals surface area contributed by atoms with E-state index in [1.807, 2.05) is 0 Å². The van der Waals surface area contributed by atoms with Gasteiger partial charge in [-0.1, -0.05) is 0 Å². The monoisotopic (exact) mass is 220 g/mol. The van der Waals surface area contributed by atoms with E-state index in [2.05, 4.69) is 5.32 Å². The summed E-state index contributed by atoms with van der Waals surface area (Å²) in [6, 6.07) is 0. The molecule has 5 nitrogen and oxygen atoms in total. The number of primary amides is 1. The predicted octanol–water partition coefficient (Wildman–Crippen LogP) is -0.971. The average Bonchev–Trinajstić information content (AvgIpc) is 2.16. The van der Waals surface area contributed by atoms with Crippen LogP contribution in [0.4, 0.5) is 0 Å². The van der Waals surface area contributed by atoms with Gasteiger partial charge < -0.3 is 11.1 Å². The van der Waals surface area contributed by atoms with Gasteiger partial charge in [0, 0.05) is 13.0 Å². The molecule has 0 spiro atoms. The molecule has 0 aromatic heterocycles. The molecule has 0 aromatic carbocycles. The van der Waals surface area contributed by atoms with Crippen LogP contribution in [0.1, 0.15) is 19.3 Å². The highest BCUT2D eigenvalue weighted by Crippen LogP contribution is 2.13. The first-order valence-electron chi connectivity index (χ1n) is 4.73. The number of carbonyl (C=O) groups excluding carboxylic acids is 1. The van der Waals surface area contributed by atoms with Crippen molar-refractivity contribution in [2.24, 2.45) is 5.73 Å². The van der Waals surface area contributed by atoms with Crippen molar-refractivity contribution >= 4 is 15.7 Å². The second kappa shape index (κ2) is 4.75. The SMILES string of the molecule is NC(=O)CCS(=O)(=O)C1CCCNC1. The summed E-state index contributed by atoms with van der Waals surface area (Å²) in [5, 5.41) is 2.70. The maximum atomic E-state index is 11.6. The van der Waals surface area contributed by atoms with Gasteiger partial charge in [-0.2, -0.15) is 0 Å². The van der Waals surface area contributed by atoms with E-state index in [0.717, 1.165) is 13.0 Å². The van der Waals surface area contributed by atoms with Crippen molar-refractivity contribution in [3.8, 4) is 0 Å². The Kier molecular flexibility index (Phi) is 3.88. The zero-order chi connectivity index (χ0) is 10.6. The number of nitrogens with two attached hydrogens (primary N) is 1. The molecule has 1 rings (SSSR count). The standard InChI is InChI=1S/C8H16N2O3S/c9-8(11)3-5-14(12,13)7-2-1-4-10-6-7/h7,10H,1-6H2,(H2,9,11). The molecule has 0 bridgehead atoms. The fraction of sp³-hybridized carbons (Fsp3) is 0.875. The average molecular weight is 220 g/mol. The number of carbonyl (C=O) groups is 1. The Balaban J connectivity index is 2.50. The number of hydrogen-bond acceptors (Lipinski definition) is 4. The van der Waals surface area contributed by atoms with Crippen molar-refractivity contribution < 1.29 is 13.2 Å². The van der Waals surface area contributed by atoms with Gasteiger partial charge in [-0.3, -0.25) is 4.79 Å². The van der Waals surface area contributed by atoms with E-state index in [1.165, 1.54) is 0 Å². The molecule has 82 valence electrons. The first-order chi connectivity index (χ1) is 6.52. The van der Waals surface area contributed by atoms with Crippen LogP contribution >= 0.6 is 0 Å². The third-order valence-electron chi connectivity index (χ3n) is 2.39. The lowest BCUT2D eigenvalue weighted by molar-refractivity contribution is -0.117. The van der Waals surface area contributed by atoms with E-state index in [0.29, 0.717) is 13.0 Å². The van der Waals surface area contributed by atoms with E-state index >= 15 is 0 Å². The van der Waals surface area contributed by atoms with Crippen molar-refractivity contribution in [2.75, 3.05) is 18.8 Å². The highest BCUT2D eigenvalue weighted by Gasteiger charge is 2.26. The van der Waals surface area contributed by atoms with Gasteiger partial charge >= 0.3 is 0 Å². The molecule has 14 heavy (non-hydrogen) atoms. The molecule has 1 aliphatic heterocycles. The van der Waals surface area contributed by atoms with E-state index in [-0.39, 0.29) is 17.4 Å². The van der Waals surface area contributed by atoms with Crippen molar-refractivity contribution in [1.82, 2.24) is 5.32 Å². The molecule has 0 aliphatic carbocycles. The Hall–Kier alpha value is -0.620. The van der Waals surface area contributed by atoms with Crippen LogP contribution in [0.3, 0.4) is 0 Å². The Morgan fingerprint density at radius 2 is 2.21 bits per heavy atom. The number of hydrogen-bond donors (Lipinski definition) is 2. The summed E-state index contributed by atoms with van der Waals surface area (Å²) in [4.78, 5) is 10.5. The summed E-state index contributed by atoms with van der Waals surface area (Å²) in [7, 11) is -3.14. The van der Waals surface area contributed by atoms with Crippen LogP contribution in [-0.2, 0) is 14.6 Å². The second-order valence-corrected chi connectivity index (χ2v) is 5.95. The molecular weight excluding hydrogens is 204 g/mol. The largest absolute Gasteiger partial charge is 0.370 e. The molecule has 1 amide bonds. The smallest absolute Gasteiger partial charge is 0.218 e. The Bertz CT molecular complexity index is 294. The summed E-state index contributed by atoms with van der Waals surface area (Å²) < 4.78 is 23.3. The van der Waals surface area contributed by atoms with Gasteiger partial charge in [0.25, 0.3) is 0 Å². The highest BCUT2D eigenvalue weighted by molar-refractivity contribution is 7.92. The Morgan fingerprint density at radius 1 is 1.50 bits per heavy atom. The van der Waals surface area contributed by atoms with Crippen LogP contribution in [-0.4, -0.2) is 38.4 Å². The molecule has 1 atom stereocenters. The van der Waals surface area contributed by atoms with Crippen LogP contribution in [0.25, 0.3) is 0 Å². The van der Waals surface area contributed by atoms with Crippen molar-refractivity contribution in [3.05, 3.63) is 0 Å². The van der Waals surface area contributed by atoms with Crippen LogP contribution in [0.15, 0.2) is 0 Å². The topological polar surface area (TPSA) is 89.3 Å². The zero-order valence-electron chi connectivity index (χ0n) is 8.03. The highest BCUT2D eigenvalue weighted by atomic mass is 32.2. The van der Waals surface area contributed by atoms with Gasteiger partial charge in [0.2, 0.25) is 5.91 Å². The van der Waals surface area contributed by atoms with E-state index in [9.17, 15) is 13.2 Å². The van der Waals surface area contributed by atoms with Crippen molar-refractivity contribution in [3.63, 3.8) is 0 Å². The third kappa shape index (κ3) is 3.26. The van der Waals surface area contributed by atoms with E-state index < -0.39 is 15.7 Å². The molecule has 0 saturated carbocycles. The predicted molar refractivity (Wildman–Crippen MR) is 53.5 cm³/mol. The molecule has 0 aromatic rings. The van der Waals surface area contributed by atoms with Crippen LogP contribution < -0.4 is 11.1 Å². The minimum Gasteiger partial charge on any atom is -0.370 e. The minimum absolute atomic E-state index is 0.0706. The molecule has 1 unspecified atom stereocenters. The molecule has 1 fully saturated rings. The molecule has 0 radical (unpaired) electrons. The van der Waals surface area contributed by atoms with Crippen LogP contribution in [0.5, 0.6) is 0 Å². The third-order valence-corrected chi connectivity index (χ3v) is 4.58. The maximum absolute atomic E-state index is 11.6. The summed E-state index contributed by atoms with van der Waals surface area (Å²) in [6.07, 6.45) is 1.49. The van der Waals surface area contributed by atoms with Crippen LogP contribution in [0.2, 0.25) is 0 Å². The molecule has 1 saturated heterocycles. The van der Waals surface area contributed by atoms with Gasteiger partial charge in [0.1, 0.15) is 0 Å². The first-order valence-corrected chi connectivity index (χ1v) is 6.44. The first kappa shape index (κ1) is 11.5. The number of piperidine rings is 1. The van der Waals surface area contributed by atoms with Crippen LogP contribution in [0, 0.1) is 0 Å². The van der Waals surface area contributed by atoms with Gasteiger partial charge in [-0.25, -0.2) is 8.42 Å². The lowest BCUT2D eigenvalue weighted by Gasteiger charge is -2.22. The Morgan fingerprint density at radius 3 is 2.71 bits per heavy atom. The zero-order valence-corrected chi connectivity index (χ0v) is 8.85. The maximum Gasteiger partial charge on any atom is 0.218 e. The summed E-state index contributed by atoms with van der Waals surface area (Å²) >= 11 is 0.